The Kier molecular flexibility index (Phi) is 6.56. The molecule has 2 aromatic rings. The Morgan fingerprint density at radius 1 is 1.07 bits per heavy atom. The van der Waals surface area contributed by atoms with E-state index in [1.54, 1.807) is 45.0 Å². The number of anilines is 1. The first-order valence-corrected chi connectivity index (χ1v) is 8.61. The van der Waals surface area contributed by atoms with Gasteiger partial charge in [-0.15, -0.1) is 0 Å². The molecule has 6 heteroatoms. The van der Waals surface area contributed by atoms with Gasteiger partial charge in [-0.2, -0.15) is 5.26 Å². The van der Waals surface area contributed by atoms with Crippen LogP contribution in [0.25, 0.3) is 0 Å². The number of hydrogen-bond acceptors (Lipinski definition) is 4. The molecule has 0 bridgehead atoms. The van der Waals surface area contributed by atoms with Gasteiger partial charge in [-0.05, 0) is 50.6 Å². The molecule has 0 saturated carbocycles. The first-order valence-electron chi connectivity index (χ1n) is 8.61. The molecule has 0 aromatic heterocycles. The Bertz CT molecular complexity index is 818. The number of nitrogens with zero attached hydrogens (tertiary/aromatic N) is 1. The Balaban J connectivity index is 2.12. The fourth-order valence-electron chi connectivity index (χ4n) is 2.37. The van der Waals surface area contributed by atoms with E-state index in [1.807, 2.05) is 36.4 Å². The lowest BCUT2D eigenvalue weighted by Crippen LogP contribution is -2.47. The number of hydrogen-bond donors (Lipinski definition) is 2. The van der Waals surface area contributed by atoms with Gasteiger partial charge in [0, 0.05) is 12.1 Å². The molecule has 6 nitrogen and oxygen atoms in total. The number of carbonyl (C=O) groups is 2. The quantitative estimate of drug-likeness (QED) is 0.846. The van der Waals surface area contributed by atoms with Crippen molar-refractivity contribution in [3.05, 3.63) is 65.7 Å². The van der Waals surface area contributed by atoms with Gasteiger partial charge in [-0.3, -0.25) is 4.79 Å². The topological polar surface area (TPSA) is 91.2 Å². The van der Waals surface area contributed by atoms with E-state index in [-0.39, 0.29) is 5.91 Å². The van der Waals surface area contributed by atoms with Crippen molar-refractivity contribution >= 4 is 17.7 Å². The molecule has 0 saturated heterocycles. The average Bonchev–Trinajstić information content (AvgIpc) is 2.61. The summed E-state index contributed by atoms with van der Waals surface area (Å²) in [6.45, 7) is 5.28. The molecule has 0 aliphatic carbocycles. The van der Waals surface area contributed by atoms with Crippen molar-refractivity contribution in [2.45, 2.75) is 38.8 Å². The Labute approximate surface area is 159 Å². The molecular weight excluding hydrogens is 342 g/mol. The number of rotatable bonds is 5. The van der Waals surface area contributed by atoms with Crippen molar-refractivity contribution in [2.75, 3.05) is 5.32 Å². The maximum Gasteiger partial charge on any atom is 0.408 e. The molecular formula is C21H23N3O3. The highest BCUT2D eigenvalue weighted by molar-refractivity contribution is 5.96. The van der Waals surface area contributed by atoms with Crippen LogP contribution in [0.15, 0.2) is 54.6 Å². The summed E-state index contributed by atoms with van der Waals surface area (Å²) in [4.78, 5) is 24.9. The first-order chi connectivity index (χ1) is 12.8. The standard InChI is InChI=1S/C21H23N3O3/c1-21(2,3)27-20(26)24-18(13-15-7-5-4-6-8-15)19(25)23-17-11-9-16(14-22)10-12-17/h4-12,18H,13H2,1-3H3,(H,23,25)(H,24,26). The maximum atomic E-state index is 12.7. The number of ether oxygens (including phenoxy) is 1. The van der Waals surface area contributed by atoms with Crippen molar-refractivity contribution in [3.63, 3.8) is 0 Å². The highest BCUT2D eigenvalue weighted by Gasteiger charge is 2.24. The molecule has 0 heterocycles. The molecule has 2 amide bonds. The maximum absolute atomic E-state index is 12.7. The summed E-state index contributed by atoms with van der Waals surface area (Å²) in [5, 5.41) is 14.3. The first kappa shape index (κ1) is 20.0. The van der Waals surface area contributed by atoms with Gasteiger partial charge < -0.3 is 15.4 Å². The highest BCUT2D eigenvalue weighted by Crippen LogP contribution is 2.12. The lowest BCUT2D eigenvalue weighted by Gasteiger charge is -2.23. The number of amides is 2. The van der Waals surface area contributed by atoms with E-state index in [0.29, 0.717) is 17.7 Å². The summed E-state index contributed by atoms with van der Waals surface area (Å²) in [6, 6.07) is 17.1. The summed E-state index contributed by atoms with van der Waals surface area (Å²) < 4.78 is 5.27. The zero-order chi connectivity index (χ0) is 19.9. The van der Waals surface area contributed by atoms with Crippen LogP contribution in [0, 0.1) is 11.3 Å². The predicted molar refractivity (Wildman–Crippen MR) is 103 cm³/mol. The summed E-state index contributed by atoms with van der Waals surface area (Å²) in [5.41, 5.74) is 1.29. The summed E-state index contributed by atoms with van der Waals surface area (Å²) in [6.07, 6.45) is -0.333. The van der Waals surface area contributed by atoms with Crippen LogP contribution < -0.4 is 10.6 Å². The van der Waals surface area contributed by atoms with Crippen LogP contribution in [0.2, 0.25) is 0 Å². The lowest BCUT2D eigenvalue weighted by atomic mass is 10.1. The zero-order valence-corrected chi connectivity index (χ0v) is 15.7. The van der Waals surface area contributed by atoms with Gasteiger partial charge in [0.2, 0.25) is 5.91 Å². The van der Waals surface area contributed by atoms with Crippen LogP contribution in [0.4, 0.5) is 10.5 Å². The fourth-order valence-corrected chi connectivity index (χ4v) is 2.37. The molecule has 0 spiro atoms. The third kappa shape index (κ3) is 6.83. The third-order valence-electron chi connectivity index (χ3n) is 3.57. The molecule has 27 heavy (non-hydrogen) atoms. The van der Waals surface area contributed by atoms with Crippen molar-refractivity contribution in [2.24, 2.45) is 0 Å². The SMILES string of the molecule is CC(C)(C)OC(=O)NC(Cc1ccccc1)C(=O)Nc1ccc(C#N)cc1. The number of carbonyl (C=O) groups excluding carboxylic acids is 2. The van der Waals surface area contributed by atoms with E-state index in [2.05, 4.69) is 10.6 Å². The van der Waals surface area contributed by atoms with Gasteiger partial charge in [0.15, 0.2) is 0 Å². The minimum atomic E-state index is -0.808. The van der Waals surface area contributed by atoms with E-state index in [9.17, 15) is 9.59 Å². The van der Waals surface area contributed by atoms with E-state index >= 15 is 0 Å². The number of nitrogens with one attached hydrogen (secondary N) is 2. The minimum absolute atomic E-state index is 0.322. The molecule has 140 valence electrons. The minimum Gasteiger partial charge on any atom is -0.444 e. The van der Waals surface area contributed by atoms with E-state index in [0.717, 1.165) is 5.56 Å². The molecule has 1 atom stereocenters. The largest absolute Gasteiger partial charge is 0.444 e. The normalized spacial score (nSPS) is 11.8. The second-order valence-electron chi connectivity index (χ2n) is 7.07. The Morgan fingerprint density at radius 3 is 2.26 bits per heavy atom. The van der Waals surface area contributed by atoms with Gasteiger partial charge in [0.1, 0.15) is 11.6 Å². The van der Waals surface area contributed by atoms with Crippen LogP contribution in [-0.2, 0) is 16.0 Å². The van der Waals surface area contributed by atoms with Gasteiger partial charge >= 0.3 is 6.09 Å². The van der Waals surface area contributed by atoms with Gasteiger partial charge in [0.25, 0.3) is 0 Å². The molecule has 2 rings (SSSR count). The molecule has 0 aliphatic rings. The second kappa shape index (κ2) is 8.86. The Morgan fingerprint density at radius 2 is 1.70 bits per heavy atom. The van der Waals surface area contributed by atoms with E-state index in [4.69, 9.17) is 10.00 Å². The van der Waals surface area contributed by atoms with Gasteiger partial charge in [-0.1, -0.05) is 30.3 Å². The zero-order valence-electron chi connectivity index (χ0n) is 15.7. The lowest BCUT2D eigenvalue weighted by molar-refractivity contribution is -0.118. The number of alkyl carbamates (subject to hydrolysis) is 1. The fraction of sp³-hybridized carbons (Fsp3) is 0.286. The smallest absolute Gasteiger partial charge is 0.408 e. The van der Waals surface area contributed by atoms with Crippen LogP contribution in [0.1, 0.15) is 31.9 Å². The van der Waals surface area contributed by atoms with Crippen molar-refractivity contribution in [1.82, 2.24) is 5.32 Å². The molecule has 2 N–H and O–H groups in total. The van der Waals surface area contributed by atoms with Crippen LogP contribution in [-0.4, -0.2) is 23.6 Å². The van der Waals surface area contributed by atoms with Crippen LogP contribution >= 0.6 is 0 Å². The monoisotopic (exact) mass is 365 g/mol. The van der Waals surface area contributed by atoms with Crippen molar-refractivity contribution < 1.29 is 14.3 Å². The summed E-state index contributed by atoms with van der Waals surface area (Å²) >= 11 is 0. The van der Waals surface area contributed by atoms with E-state index in [1.165, 1.54) is 0 Å². The molecule has 2 aromatic carbocycles. The molecule has 1 unspecified atom stereocenters. The molecule has 0 radical (unpaired) electrons. The average molecular weight is 365 g/mol. The van der Waals surface area contributed by atoms with Crippen molar-refractivity contribution in [1.29, 1.82) is 5.26 Å². The summed E-state index contributed by atoms with van der Waals surface area (Å²) in [7, 11) is 0. The number of benzene rings is 2. The highest BCUT2D eigenvalue weighted by atomic mass is 16.6. The molecule has 0 fully saturated rings. The molecule has 0 aliphatic heterocycles. The van der Waals surface area contributed by atoms with Crippen LogP contribution in [0.5, 0.6) is 0 Å². The van der Waals surface area contributed by atoms with Crippen LogP contribution in [0.3, 0.4) is 0 Å². The third-order valence-corrected chi connectivity index (χ3v) is 3.57. The Hall–Kier alpha value is -3.33. The van der Waals surface area contributed by atoms with E-state index < -0.39 is 17.7 Å². The number of nitriles is 1. The van der Waals surface area contributed by atoms with Crippen molar-refractivity contribution in [3.8, 4) is 6.07 Å². The predicted octanol–water partition coefficient (Wildman–Crippen LogP) is 3.63. The van der Waals surface area contributed by atoms with Gasteiger partial charge in [-0.25, -0.2) is 4.79 Å². The second-order valence-corrected chi connectivity index (χ2v) is 7.07. The summed E-state index contributed by atoms with van der Waals surface area (Å²) in [5.74, 6) is -0.366. The van der Waals surface area contributed by atoms with Gasteiger partial charge in [0.05, 0.1) is 11.6 Å².